The third kappa shape index (κ3) is 5.71. The minimum Gasteiger partial charge on any atom is -0.492 e. The molecule has 0 atom stereocenters. The molecule has 7 heteroatoms. The standard InChI is InChI=1S/C20H23ClN2O3S/c21-16-5-1-2-6-17(16)26-13-3-8-19(24)22-15-9-11-23(12-10-15)20(25)18-7-4-14-27-18/h1-2,4-7,14-15H,3,8-13H2,(H,22,24). The van der Waals surface area contributed by atoms with Crippen molar-refractivity contribution in [1.82, 2.24) is 10.2 Å². The molecule has 144 valence electrons. The lowest BCUT2D eigenvalue weighted by Gasteiger charge is -2.32. The van der Waals surface area contributed by atoms with E-state index in [-0.39, 0.29) is 17.9 Å². The summed E-state index contributed by atoms with van der Waals surface area (Å²) in [6.45, 7) is 1.81. The average Bonchev–Trinajstić information content (AvgIpc) is 3.21. The third-order valence-corrected chi connectivity index (χ3v) is 5.69. The maximum absolute atomic E-state index is 12.3. The molecule has 0 bridgehead atoms. The zero-order valence-electron chi connectivity index (χ0n) is 15.0. The number of thiophene rings is 1. The first kappa shape index (κ1) is 19.7. The Labute approximate surface area is 168 Å². The summed E-state index contributed by atoms with van der Waals surface area (Å²) in [6, 6.07) is 11.2. The summed E-state index contributed by atoms with van der Waals surface area (Å²) in [4.78, 5) is 27.1. The van der Waals surface area contributed by atoms with Crippen molar-refractivity contribution in [3.63, 3.8) is 0 Å². The van der Waals surface area contributed by atoms with Gasteiger partial charge in [-0.05, 0) is 42.8 Å². The molecule has 0 spiro atoms. The molecule has 0 radical (unpaired) electrons. The van der Waals surface area contributed by atoms with Gasteiger partial charge < -0.3 is 15.0 Å². The molecule has 5 nitrogen and oxygen atoms in total. The molecule has 27 heavy (non-hydrogen) atoms. The van der Waals surface area contributed by atoms with Crippen LogP contribution in [0.15, 0.2) is 41.8 Å². The number of halogens is 1. The number of nitrogens with one attached hydrogen (secondary N) is 1. The molecule has 1 aliphatic rings. The fraction of sp³-hybridized carbons (Fsp3) is 0.400. The molecule has 0 unspecified atom stereocenters. The van der Waals surface area contributed by atoms with E-state index in [9.17, 15) is 9.59 Å². The number of carbonyl (C=O) groups excluding carboxylic acids is 2. The number of nitrogens with zero attached hydrogens (tertiary/aromatic N) is 1. The summed E-state index contributed by atoms with van der Waals surface area (Å²) in [5.41, 5.74) is 0. The highest BCUT2D eigenvalue weighted by molar-refractivity contribution is 7.12. The maximum atomic E-state index is 12.3. The Bertz CT molecular complexity index is 758. The van der Waals surface area contributed by atoms with Crippen LogP contribution in [0.3, 0.4) is 0 Å². The summed E-state index contributed by atoms with van der Waals surface area (Å²) in [6.07, 6.45) is 2.63. The minimum absolute atomic E-state index is 0.0285. The van der Waals surface area contributed by atoms with Crippen molar-refractivity contribution in [2.24, 2.45) is 0 Å². The van der Waals surface area contributed by atoms with Crippen LogP contribution in [0.5, 0.6) is 5.75 Å². The van der Waals surface area contributed by atoms with Crippen molar-refractivity contribution >= 4 is 34.8 Å². The van der Waals surface area contributed by atoms with E-state index < -0.39 is 0 Å². The second-order valence-corrected chi connectivity index (χ2v) is 7.85. The fourth-order valence-corrected chi connectivity index (χ4v) is 3.94. The van der Waals surface area contributed by atoms with Gasteiger partial charge in [0.1, 0.15) is 5.75 Å². The molecule has 1 fully saturated rings. The number of hydrogen-bond donors (Lipinski definition) is 1. The van der Waals surface area contributed by atoms with Crippen LogP contribution in [-0.2, 0) is 4.79 Å². The van der Waals surface area contributed by atoms with Crippen LogP contribution >= 0.6 is 22.9 Å². The fourth-order valence-electron chi connectivity index (χ4n) is 3.06. The van der Waals surface area contributed by atoms with Crippen molar-refractivity contribution in [3.8, 4) is 5.75 Å². The normalized spacial score (nSPS) is 14.8. The predicted octanol–water partition coefficient (Wildman–Crippen LogP) is 3.98. The van der Waals surface area contributed by atoms with E-state index in [1.165, 1.54) is 11.3 Å². The molecule has 1 aromatic carbocycles. The number of hydrogen-bond acceptors (Lipinski definition) is 4. The molecule has 1 aromatic heterocycles. The van der Waals surface area contributed by atoms with Gasteiger partial charge in [0, 0.05) is 25.6 Å². The van der Waals surface area contributed by atoms with Crippen LogP contribution in [0, 0.1) is 0 Å². The van der Waals surface area contributed by atoms with Crippen molar-refractivity contribution in [2.75, 3.05) is 19.7 Å². The largest absolute Gasteiger partial charge is 0.492 e. The quantitative estimate of drug-likeness (QED) is 0.707. The number of para-hydroxylation sites is 1. The van der Waals surface area contributed by atoms with Gasteiger partial charge in [0.2, 0.25) is 5.91 Å². The first-order chi connectivity index (χ1) is 13.1. The average molecular weight is 407 g/mol. The van der Waals surface area contributed by atoms with Gasteiger partial charge in [-0.2, -0.15) is 0 Å². The predicted molar refractivity (Wildman–Crippen MR) is 108 cm³/mol. The monoisotopic (exact) mass is 406 g/mol. The van der Waals surface area contributed by atoms with Crippen molar-refractivity contribution in [1.29, 1.82) is 0 Å². The molecule has 1 saturated heterocycles. The molecule has 0 aliphatic carbocycles. The lowest BCUT2D eigenvalue weighted by Crippen LogP contribution is -2.46. The Morgan fingerprint density at radius 2 is 1.96 bits per heavy atom. The number of likely N-dealkylation sites (tertiary alicyclic amines) is 1. The van der Waals surface area contributed by atoms with Crippen LogP contribution in [0.1, 0.15) is 35.4 Å². The molecule has 2 aromatic rings. The third-order valence-electron chi connectivity index (χ3n) is 4.52. The Hall–Kier alpha value is -2.05. The summed E-state index contributed by atoms with van der Waals surface area (Å²) in [7, 11) is 0. The Morgan fingerprint density at radius 1 is 1.19 bits per heavy atom. The number of rotatable bonds is 7. The highest BCUT2D eigenvalue weighted by Gasteiger charge is 2.24. The summed E-state index contributed by atoms with van der Waals surface area (Å²) < 4.78 is 5.60. The van der Waals surface area contributed by atoms with Crippen LogP contribution in [0.2, 0.25) is 5.02 Å². The summed E-state index contributed by atoms with van der Waals surface area (Å²) in [5, 5.41) is 5.55. The van der Waals surface area contributed by atoms with Gasteiger partial charge in [-0.1, -0.05) is 29.8 Å². The molecule has 2 heterocycles. The minimum atomic E-state index is 0.0285. The van der Waals surface area contributed by atoms with Crippen molar-refractivity contribution in [3.05, 3.63) is 51.7 Å². The van der Waals surface area contributed by atoms with E-state index in [0.717, 1.165) is 17.7 Å². The van der Waals surface area contributed by atoms with E-state index in [2.05, 4.69) is 5.32 Å². The van der Waals surface area contributed by atoms with E-state index in [1.54, 1.807) is 6.07 Å². The first-order valence-electron chi connectivity index (χ1n) is 9.13. The van der Waals surface area contributed by atoms with Crippen LogP contribution < -0.4 is 10.1 Å². The second kappa shape index (κ2) is 9.76. The van der Waals surface area contributed by atoms with E-state index in [0.29, 0.717) is 43.3 Å². The molecule has 1 N–H and O–H groups in total. The SMILES string of the molecule is O=C(CCCOc1ccccc1Cl)NC1CCN(C(=O)c2cccs2)CC1. The van der Waals surface area contributed by atoms with Gasteiger partial charge in [0.25, 0.3) is 5.91 Å². The second-order valence-electron chi connectivity index (χ2n) is 6.49. The Balaban J connectivity index is 1.32. The molecular weight excluding hydrogens is 384 g/mol. The molecular formula is C20H23ClN2O3S. The van der Waals surface area contributed by atoms with Gasteiger partial charge in [-0.3, -0.25) is 9.59 Å². The Kier molecular flexibility index (Phi) is 7.12. The van der Waals surface area contributed by atoms with Crippen LogP contribution in [0.25, 0.3) is 0 Å². The highest BCUT2D eigenvalue weighted by Crippen LogP contribution is 2.23. The molecule has 2 amide bonds. The van der Waals surface area contributed by atoms with E-state index in [4.69, 9.17) is 16.3 Å². The van der Waals surface area contributed by atoms with Gasteiger partial charge in [-0.15, -0.1) is 11.3 Å². The van der Waals surface area contributed by atoms with Gasteiger partial charge in [-0.25, -0.2) is 0 Å². The van der Waals surface area contributed by atoms with Crippen molar-refractivity contribution in [2.45, 2.75) is 31.7 Å². The zero-order valence-corrected chi connectivity index (χ0v) is 16.6. The number of carbonyl (C=O) groups is 2. The number of benzene rings is 1. The van der Waals surface area contributed by atoms with E-state index >= 15 is 0 Å². The number of ether oxygens (including phenoxy) is 1. The number of piperidine rings is 1. The highest BCUT2D eigenvalue weighted by atomic mass is 35.5. The van der Waals surface area contributed by atoms with E-state index in [1.807, 2.05) is 40.6 Å². The van der Waals surface area contributed by atoms with Crippen LogP contribution in [0.4, 0.5) is 0 Å². The number of amides is 2. The van der Waals surface area contributed by atoms with Gasteiger partial charge >= 0.3 is 0 Å². The smallest absolute Gasteiger partial charge is 0.263 e. The maximum Gasteiger partial charge on any atom is 0.263 e. The van der Waals surface area contributed by atoms with Crippen LogP contribution in [-0.4, -0.2) is 42.5 Å². The lowest BCUT2D eigenvalue weighted by molar-refractivity contribution is -0.122. The zero-order chi connectivity index (χ0) is 19.1. The van der Waals surface area contributed by atoms with Gasteiger partial charge in [0.15, 0.2) is 0 Å². The topological polar surface area (TPSA) is 58.6 Å². The molecule has 0 saturated carbocycles. The first-order valence-corrected chi connectivity index (χ1v) is 10.4. The summed E-state index contributed by atoms with van der Waals surface area (Å²) >= 11 is 7.50. The van der Waals surface area contributed by atoms with Crippen molar-refractivity contribution < 1.29 is 14.3 Å². The lowest BCUT2D eigenvalue weighted by atomic mass is 10.0. The molecule has 3 rings (SSSR count). The van der Waals surface area contributed by atoms with Gasteiger partial charge in [0.05, 0.1) is 16.5 Å². The summed E-state index contributed by atoms with van der Waals surface area (Å²) in [5.74, 6) is 0.759. The molecule has 1 aliphatic heterocycles. The Morgan fingerprint density at radius 3 is 2.67 bits per heavy atom.